The van der Waals surface area contributed by atoms with Gasteiger partial charge in [0.25, 0.3) is 0 Å². The van der Waals surface area contributed by atoms with Crippen molar-refractivity contribution in [3.63, 3.8) is 0 Å². The Kier molecular flexibility index (Phi) is 3.82. The number of imide groups is 1. The van der Waals surface area contributed by atoms with Gasteiger partial charge < -0.3 is 4.74 Å². The van der Waals surface area contributed by atoms with E-state index in [0.29, 0.717) is 26.0 Å². The first-order valence-corrected chi connectivity index (χ1v) is 6.49. The van der Waals surface area contributed by atoms with E-state index in [9.17, 15) is 9.59 Å². The molecule has 0 unspecified atom stereocenters. The van der Waals surface area contributed by atoms with Gasteiger partial charge in [0.05, 0.1) is 0 Å². The van der Waals surface area contributed by atoms with Crippen LogP contribution < -0.4 is 0 Å². The molecule has 4 heteroatoms. The Hall–Kier alpha value is -0.900. The van der Waals surface area contributed by atoms with Gasteiger partial charge in [-0.15, -0.1) is 0 Å². The van der Waals surface area contributed by atoms with Gasteiger partial charge in [-0.05, 0) is 24.7 Å². The van der Waals surface area contributed by atoms with E-state index < -0.39 is 0 Å². The molecule has 0 aromatic rings. The molecule has 1 spiro atoms. The molecule has 0 bridgehead atoms. The van der Waals surface area contributed by atoms with E-state index in [0.717, 1.165) is 19.3 Å². The first-order valence-electron chi connectivity index (χ1n) is 6.49. The van der Waals surface area contributed by atoms with Crippen LogP contribution in [0, 0.1) is 5.41 Å². The van der Waals surface area contributed by atoms with Crippen molar-refractivity contribution in [2.45, 2.75) is 44.9 Å². The lowest BCUT2D eigenvalue weighted by molar-refractivity contribution is -0.153. The van der Waals surface area contributed by atoms with E-state index in [2.05, 4.69) is 0 Å². The molecule has 1 aliphatic heterocycles. The largest absolute Gasteiger partial charge is 0.385 e. The van der Waals surface area contributed by atoms with Crippen LogP contribution in [0.3, 0.4) is 0 Å². The van der Waals surface area contributed by atoms with E-state index in [1.165, 1.54) is 17.7 Å². The summed E-state index contributed by atoms with van der Waals surface area (Å²) in [4.78, 5) is 25.5. The highest BCUT2D eigenvalue weighted by Gasteiger charge is 2.44. The Balaban J connectivity index is 1.94. The second-order valence-electron chi connectivity index (χ2n) is 5.35. The summed E-state index contributed by atoms with van der Waals surface area (Å²) in [5.41, 5.74) is 0.0198. The Morgan fingerprint density at radius 1 is 1.18 bits per heavy atom. The average molecular weight is 239 g/mol. The van der Waals surface area contributed by atoms with Gasteiger partial charge in [-0.3, -0.25) is 14.5 Å². The van der Waals surface area contributed by atoms with Gasteiger partial charge >= 0.3 is 0 Å². The fourth-order valence-corrected chi connectivity index (χ4v) is 3.13. The zero-order chi connectivity index (χ0) is 12.3. The van der Waals surface area contributed by atoms with Crippen molar-refractivity contribution < 1.29 is 14.3 Å². The number of ether oxygens (including phenoxy) is 1. The number of nitrogens with zero attached hydrogens (tertiary/aromatic N) is 1. The molecule has 2 aliphatic rings. The highest BCUT2D eigenvalue weighted by Crippen LogP contribution is 2.46. The smallest absolute Gasteiger partial charge is 0.229 e. The van der Waals surface area contributed by atoms with E-state index in [1.807, 2.05) is 0 Å². The SMILES string of the molecule is COCCCN1C(=O)CC2(CCCC2)CC1=O. The summed E-state index contributed by atoms with van der Waals surface area (Å²) >= 11 is 0. The van der Waals surface area contributed by atoms with Crippen LogP contribution in [0.15, 0.2) is 0 Å². The van der Waals surface area contributed by atoms with E-state index in [1.54, 1.807) is 7.11 Å². The molecular weight excluding hydrogens is 218 g/mol. The minimum Gasteiger partial charge on any atom is -0.385 e. The fourth-order valence-electron chi connectivity index (χ4n) is 3.13. The maximum Gasteiger partial charge on any atom is 0.229 e. The van der Waals surface area contributed by atoms with Gasteiger partial charge in [0.1, 0.15) is 0 Å². The molecule has 96 valence electrons. The summed E-state index contributed by atoms with van der Waals surface area (Å²) in [7, 11) is 1.63. The van der Waals surface area contributed by atoms with Gasteiger partial charge in [0.2, 0.25) is 11.8 Å². The summed E-state index contributed by atoms with van der Waals surface area (Å²) in [6.45, 7) is 1.11. The number of likely N-dealkylation sites (tertiary alicyclic amines) is 1. The summed E-state index contributed by atoms with van der Waals surface area (Å²) in [5, 5.41) is 0. The zero-order valence-electron chi connectivity index (χ0n) is 10.5. The van der Waals surface area contributed by atoms with Crippen molar-refractivity contribution in [2.24, 2.45) is 5.41 Å². The molecule has 1 heterocycles. The lowest BCUT2D eigenvalue weighted by atomic mass is 9.76. The van der Waals surface area contributed by atoms with Crippen molar-refractivity contribution in [3.8, 4) is 0 Å². The molecule has 2 rings (SSSR count). The predicted molar refractivity (Wildman–Crippen MR) is 63.3 cm³/mol. The second-order valence-corrected chi connectivity index (χ2v) is 5.35. The van der Waals surface area contributed by atoms with E-state index in [-0.39, 0.29) is 17.2 Å². The van der Waals surface area contributed by atoms with E-state index in [4.69, 9.17) is 4.74 Å². The molecular formula is C13H21NO3. The van der Waals surface area contributed by atoms with Gasteiger partial charge in [-0.25, -0.2) is 0 Å². The summed E-state index contributed by atoms with van der Waals surface area (Å²) in [6.07, 6.45) is 6.33. The molecule has 2 fully saturated rings. The molecule has 0 atom stereocenters. The number of methoxy groups -OCH3 is 1. The maximum absolute atomic E-state index is 12.0. The molecule has 0 aromatic carbocycles. The summed E-state index contributed by atoms with van der Waals surface area (Å²) < 4.78 is 4.95. The number of piperidine rings is 1. The topological polar surface area (TPSA) is 46.6 Å². The normalized spacial score (nSPS) is 23.7. The van der Waals surface area contributed by atoms with Crippen molar-refractivity contribution in [1.29, 1.82) is 0 Å². The van der Waals surface area contributed by atoms with Crippen LogP contribution in [0.4, 0.5) is 0 Å². The maximum atomic E-state index is 12.0. The molecule has 1 aliphatic carbocycles. The van der Waals surface area contributed by atoms with Crippen LogP contribution in [0.2, 0.25) is 0 Å². The van der Waals surface area contributed by atoms with Crippen LogP contribution in [-0.4, -0.2) is 37.0 Å². The van der Waals surface area contributed by atoms with Gasteiger partial charge in [-0.2, -0.15) is 0 Å². The first kappa shape index (κ1) is 12.6. The third-order valence-electron chi connectivity index (χ3n) is 4.05. The van der Waals surface area contributed by atoms with Crippen LogP contribution >= 0.6 is 0 Å². The Labute approximate surface area is 102 Å². The van der Waals surface area contributed by atoms with Crippen molar-refractivity contribution >= 4 is 11.8 Å². The highest BCUT2D eigenvalue weighted by atomic mass is 16.5. The monoisotopic (exact) mass is 239 g/mol. The van der Waals surface area contributed by atoms with Crippen LogP contribution in [0.1, 0.15) is 44.9 Å². The second kappa shape index (κ2) is 5.17. The molecule has 0 aromatic heterocycles. The lowest BCUT2D eigenvalue weighted by Crippen LogP contribution is -2.47. The fraction of sp³-hybridized carbons (Fsp3) is 0.846. The average Bonchev–Trinajstić information content (AvgIpc) is 2.70. The van der Waals surface area contributed by atoms with Gasteiger partial charge in [0.15, 0.2) is 0 Å². The molecule has 0 radical (unpaired) electrons. The quantitative estimate of drug-likeness (QED) is 0.554. The minimum atomic E-state index is 0.0198. The number of hydrogen-bond acceptors (Lipinski definition) is 3. The summed E-state index contributed by atoms with van der Waals surface area (Å²) in [6, 6.07) is 0. The molecule has 1 saturated heterocycles. The predicted octanol–water partition coefficient (Wildman–Crippen LogP) is 1.73. The van der Waals surface area contributed by atoms with E-state index >= 15 is 0 Å². The number of carbonyl (C=O) groups excluding carboxylic acids is 2. The van der Waals surface area contributed by atoms with Crippen LogP contribution in [0.25, 0.3) is 0 Å². The first-order chi connectivity index (χ1) is 8.17. The Morgan fingerprint density at radius 3 is 2.29 bits per heavy atom. The third kappa shape index (κ3) is 2.68. The zero-order valence-corrected chi connectivity index (χ0v) is 10.5. The van der Waals surface area contributed by atoms with Crippen molar-refractivity contribution in [1.82, 2.24) is 4.90 Å². The van der Waals surface area contributed by atoms with Crippen molar-refractivity contribution in [2.75, 3.05) is 20.3 Å². The molecule has 17 heavy (non-hydrogen) atoms. The van der Waals surface area contributed by atoms with Crippen molar-refractivity contribution in [3.05, 3.63) is 0 Å². The van der Waals surface area contributed by atoms with Gasteiger partial charge in [-0.1, -0.05) is 12.8 Å². The Morgan fingerprint density at radius 2 is 1.76 bits per heavy atom. The molecule has 1 saturated carbocycles. The van der Waals surface area contributed by atoms with Crippen LogP contribution in [0.5, 0.6) is 0 Å². The molecule has 0 N–H and O–H groups in total. The number of hydrogen-bond donors (Lipinski definition) is 0. The number of amides is 2. The number of rotatable bonds is 4. The highest BCUT2D eigenvalue weighted by molar-refractivity contribution is 5.98. The number of carbonyl (C=O) groups is 2. The lowest BCUT2D eigenvalue weighted by Gasteiger charge is -2.37. The molecule has 4 nitrogen and oxygen atoms in total. The Bertz CT molecular complexity index is 288. The molecule has 2 amide bonds. The minimum absolute atomic E-state index is 0.0198. The third-order valence-corrected chi connectivity index (χ3v) is 4.05. The summed E-state index contributed by atoms with van der Waals surface area (Å²) in [5.74, 6) is 0.0542. The van der Waals surface area contributed by atoms with Crippen LogP contribution in [-0.2, 0) is 14.3 Å². The van der Waals surface area contributed by atoms with Gasteiger partial charge in [0, 0.05) is 33.1 Å². The standard InChI is InChI=1S/C13H21NO3/c1-17-8-4-7-14-11(15)9-13(10-12(14)16)5-2-3-6-13/h2-10H2,1H3.